The fourth-order valence-electron chi connectivity index (χ4n) is 2.77. The van der Waals surface area contributed by atoms with Crippen molar-refractivity contribution < 1.29 is 9.18 Å². The van der Waals surface area contributed by atoms with E-state index in [0.29, 0.717) is 17.9 Å². The molecule has 0 N–H and O–H groups in total. The molecule has 0 radical (unpaired) electrons. The minimum Gasteiger partial charge on any atom is -0.294 e. The van der Waals surface area contributed by atoms with Gasteiger partial charge < -0.3 is 0 Å². The zero-order valence-corrected chi connectivity index (χ0v) is 10.8. The van der Waals surface area contributed by atoms with Crippen molar-refractivity contribution in [2.24, 2.45) is 5.92 Å². The van der Waals surface area contributed by atoms with Crippen LogP contribution in [0.3, 0.4) is 0 Å². The first kappa shape index (κ1) is 12.1. The summed E-state index contributed by atoms with van der Waals surface area (Å²) >= 11 is 0. The molecule has 0 amide bonds. The van der Waals surface area contributed by atoms with Crippen LogP contribution in [0.5, 0.6) is 0 Å². The van der Waals surface area contributed by atoms with Gasteiger partial charge in [-0.25, -0.2) is 4.39 Å². The van der Waals surface area contributed by atoms with Crippen LogP contribution in [0.2, 0.25) is 0 Å². The van der Waals surface area contributed by atoms with E-state index in [0.717, 1.165) is 23.1 Å². The lowest BCUT2D eigenvalue weighted by molar-refractivity contribution is 0.0953. The smallest absolute Gasteiger partial charge is 0.163 e. The van der Waals surface area contributed by atoms with Crippen molar-refractivity contribution in [3.8, 4) is 11.1 Å². The van der Waals surface area contributed by atoms with Gasteiger partial charge in [-0.1, -0.05) is 43.3 Å². The Bertz CT molecular complexity index is 645. The van der Waals surface area contributed by atoms with Gasteiger partial charge in [-0.15, -0.1) is 0 Å². The molecule has 2 heteroatoms. The van der Waals surface area contributed by atoms with Crippen molar-refractivity contribution in [3.63, 3.8) is 0 Å². The van der Waals surface area contributed by atoms with Crippen LogP contribution >= 0.6 is 0 Å². The van der Waals surface area contributed by atoms with Gasteiger partial charge in [0.15, 0.2) is 5.78 Å². The summed E-state index contributed by atoms with van der Waals surface area (Å²) in [6.45, 7) is 2.08. The lowest BCUT2D eigenvalue weighted by Gasteiger charge is -2.21. The van der Waals surface area contributed by atoms with Crippen molar-refractivity contribution in [3.05, 3.63) is 59.4 Å². The highest BCUT2D eigenvalue weighted by molar-refractivity contribution is 5.99. The van der Waals surface area contributed by atoms with Crippen molar-refractivity contribution in [1.82, 2.24) is 0 Å². The number of carbonyl (C=O) groups is 1. The number of hydrogen-bond donors (Lipinski definition) is 0. The fraction of sp³-hybridized carbons (Fsp3) is 0.235. The Labute approximate surface area is 112 Å². The third-order valence-corrected chi connectivity index (χ3v) is 3.69. The Kier molecular flexibility index (Phi) is 2.94. The molecule has 1 atom stereocenters. The number of ketones is 1. The Morgan fingerprint density at radius 2 is 1.84 bits per heavy atom. The van der Waals surface area contributed by atoms with Gasteiger partial charge in [-0.2, -0.15) is 0 Å². The predicted octanol–water partition coefficient (Wildman–Crippen LogP) is 4.26. The minimum atomic E-state index is -0.224. The molecular weight excluding hydrogens is 239 g/mol. The van der Waals surface area contributed by atoms with Gasteiger partial charge in [0.05, 0.1) is 0 Å². The van der Waals surface area contributed by atoms with Gasteiger partial charge in [0.25, 0.3) is 0 Å². The van der Waals surface area contributed by atoms with Crippen LogP contribution in [0.25, 0.3) is 11.1 Å². The SMILES string of the molecule is CC1CC(=O)c2ccc(-c3ccccc3F)cc2C1. The molecule has 0 spiro atoms. The number of rotatable bonds is 1. The average Bonchev–Trinajstić information content (AvgIpc) is 2.38. The van der Waals surface area contributed by atoms with Crippen LogP contribution < -0.4 is 0 Å². The maximum absolute atomic E-state index is 13.8. The third kappa shape index (κ3) is 2.19. The normalized spacial score (nSPS) is 18.2. The van der Waals surface area contributed by atoms with Gasteiger partial charge >= 0.3 is 0 Å². The molecule has 0 aliphatic heterocycles. The van der Waals surface area contributed by atoms with E-state index in [4.69, 9.17) is 0 Å². The predicted molar refractivity (Wildman–Crippen MR) is 73.7 cm³/mol. The zero-order valence-electron chi connectivity index (χ0n) is 10.8. The quantitative estimate of drug-likeness (QED) is 0.743. The molecule has 3 rings (SSSR count). The molecule has 1 aliphatic rings. The van der Waals surface area contributed by atoms with E-state index in [1.165, 1.54) is 6.07 Å². The van der Waals surface area contributed by atoms with Gasteiger partial charge in [-0.05, 0) is 29.5 Å². The molecule has 1 aliphatic carbocycles. The third-order valence-electron chi connectivity index (χ3n) is 3.69. The number of halogens is 1. The molecule has 0 saturated carbocycles. The zero-order chi connectivity index (χ0) is 13.4. The highest BCUT2D eigenvalue weighted by Crippen LogP contribution is 2.30. The van der Waals surface area contributed by atoms with Gasteiger partial charge in [0.1, 0.15) is 5.82 Å². The summed E-state index contributed by atoms with van der Waals surface area (Å²) < 4.78 is 13.8. The second kappa shape index (κ2) is 4.61. The molecule has 1 nitrogen and oxygen atoms in total. The maximum atomic E-state index is 13.8. The Morgan fingerprint density at radius 3 is 2.63 bits per heavy atom. The summed E-state index contributed by atoms with van der Waals surface area (Å²) in [6, 6.07) is 12.4. The van der Waals surface area contributed by atoms with Crippen LogP contribution in [0, 0.1) is 11.7 Å². The van der Waals surface area contributed by atoms with Crippen LogP contribution in [-0.4, -0.2) is 5.78 Å². The summed E-state index contributed by atoms with van der Waals surface area (Å²) in [4.78, 5) is 11.9. The number of Topliss-reactive ketones (excluding diaryl/α,β-unsaturated/α-hetero) is 1. The van der Waals surface area contributed by atoms with E-state index in [1.54, 1.807) is 12.1 Å². The van der Waals surface area contributed by atoms with E-state index >= 15 is 0 Å². The van der Waals surface area contributed by atoms with E-state index < -0.39 is 0 Å². The lowest BCUT2D eigenvalue weighted by atomic mass is 9.83. The van der Waals surface area contributed by atoms with E-state index in [2.05, 4.69) is 6.92 Å². The molecule has 2 aromatic carbocycles. The molecule has 96 valence electrons. The van der Waals surface area contributed by atoms with Crippen LogP contribution in [0.15, 0.2) is 42.5 Å². The number of benzene rings is 2. The molecule has 0 saturated heterocycles. The molecule has 2 aromatic rings. The largest absolute Gasteiger partial charge is 0.294 e. The molecule has 1 unspecified atom stereocenters. The summed E-state index contributed by atoms with van der Waals surface area (Å²) in [5.41, 5.74) is 3.29. The summed E-state index contributed by atoms with van der Waals surface area (Å²) in [7, 11) is 0. The highest BCUT2D eigenvalue weighted by atomic mass is 19.1. The highest BCUT2D eigenvalue weighted by Gasteiger charge is 2.22. The molecular formula is C17H15FO. The number of hydrogen-bond acceptors (Lipinski definition) is 1. The fourth-order valence-corrected chi connectivity index (χ4v) is 2.77. The molecule has 0 fully saturated rings. The second-order valence-electron chi connectivity index (χ2n) is 5.29. The number of carbonyl (C=O) groups excluding carboxylic acids is 1. The molecule has 0 heterocycles. The molecule has 0 bridgehead atoms. The standard InChI is InChI=1S/C17H15FO/c1-11-8-13-10-12(6-7-15(13)17(19)9-11)14-4-2-3-5-16(14)18/h2-7,10-11H,8-9H2,1H3. The molecule has 0 aromatic heterocycles. The van der Waals surface area contributed by atoms with Crippen LogP contribution in [-0.2, 0) is 6.42 Å². The van der Waals surface area contributed by atoms with E-state index in [1.807, 2.05) is 24.3 Å². The van der Waals surface area contributed by atoms with E-state index in [-0.39, 0.29) is 11.6 Å². The first-order valence-corrected chi connectivity index (χ1v) is 6.56. The average molecular weight is 254 g/mol. The van der Waals surface area contributed by atoms with Crippen LogP contribution in [0.1, 0.15) is 29.3 Å². The second-order valence-corrected chi connectivity index (χ2v) is 5.29. The summed E-state index contributed by atoms with van der Waals surface area (Å²) in [6.07, 6.45) is 1.51. The number of fused-ring (bicyclic) bond motifs is 1. The summed E-state index contributed by atoms with van der Waals surface area (Å²) in [5.74, 6) is 0.349. The maximum Gasteiger partial charge on any atom is 0.163 e. The Hall–Kier alpha value is -1.96. The monoisotopic (exact) mass is 254 g/mol. The molecule has 19 heavy (non-hydrogen) atoms. The van der Waals surface area contributed by atoms with Crippen molar-refractivity contribution in [2.45, 2.75) is 19.8 Å². The lowest BCUT2D eigenvalue weighted by Crippen LogP contribution is -2.17. The Morgan fingerprint density at radius 1 is 1.05 bits per heavy atom. The van der Waals surface area contributed by atoms with Crippen molar-refractivity contribution in [2.75, 3.05) is 0 Å². The minimum absolute atomic E-state index is 0.203. The first-order chi connectivity index (χ1) is 9.15. The topological polar surface area (TPSA) is 17.1 Å². The summed E-state index contributed by atoms with van der Waals surface area (Å²) in [5, 5.41) is 0. The first-order valence-electron chi connectivity index (χ1n) is 6.56. The van der Waals surface area contributed by atoms with Crippen LogP contribution in [0.4, 0.5) is 4.39 Å². The van der Waals surface area contributed by atoms with Crippen molar-refractivity contribution >= 4 is 5.78 Å². The van der Waals surface area contributed by atoms with Gasteiger partial charge in [0.2, 0.25) is 0 Å². The van der Waals surface area contributed by atoms with Gasteiger partial charge in [0, 0.05) is 17.5 Å². The van der Waals surface area contributed by atoms with E-state index in [9.17, 15) is 9.18 Å². The van der Waals surface area contributed by atoms with Gasteiger partial charge in [-0.3, -0.25) is 4.79 Å². The Balaban J connectivity index is 2.09. The van der Waals surface area contributed by atoms with Crippen molar-refractivity contribution in [1.29, 1.82) is 0 Å².